The van der Waals surface area contributed by atoms with Crippen LogP contribution >= 0.6 is 0 Å². The van der Waals surface area contributed by atoms with Crippen molar-refractivity contribution >= 4 is 28.0 Å². The number of unbranched alkanes of at least 4 members (excludes halogenated alkanes) is 1. The van der Waals surface area contributed by atoms with Gasteiger partial charge in [-0.3, -0.25) is 4.98 Å². The molecule has 1 amide bonds. The van der Waals surface area contributed by atoms with Crippen LogP contribution in [0.25, 0.3) is 21.9 Å². The molecule has 0 atom stereocenters. The Morgan fingerprint density at radius 1 is 1.06 bits per heavy atom. The third kappa shape index (κ3) is 4.73. The van der Waals surface area contributed by atoms with Crippen LogP contribution in [0.5, 0.6) is 0 Å². The first-order valence-electron chi connectivity index (χ1n) is 11.1. The number of carbonyl (C=O) groups is 1. The Morgan fingerprint density at radius 3 is 2.62 bits per heavy atom. The molecule has 0 saturated carbocycles. The van der Waals surface area contributed by atoms with Gasteiger partial charge in [0.1, 0.15) is 17.9 Å². The molecule has 0 aliphatic carbocycles. The summed E-state index contributed by atoms with van der Waals surface area (Å²) in [5.41, 5.74) is 9.51. The van der Waals surface area contributed by atoms with E-state index in [4.69, 9.17) is 15.5 Å². The first-order chi connectivity index (χ1) is 15.7. The summed E-state index contributed by atoms with van der Waals surface area (Å²) < 4.78 is 7.77. The van der Waals surface area contributed by atoms with Crippen LogP contribution in [-0.4, -0.2) is 38.6 Å². The molecule has 0 aliphatic heterocycles. The number of aromatic nitrogens is 3. The number of ether oxygens (including phenoxy) is 1. The highest BCUT2D eigenvalue weighted by Gasteiger charge is 2.20. The molecule has 0 spiro atoms. The van der Waals surface area contributed by atoms with E-state index in [1.165, 1.54) is 0 Å². The zero-order valence-corrected chi connectivity index (χ0v) is 18.4. The van der Waals surface area contributed by atoms with Gasteiger partial charge in [-0.05, 0) is 37.9 Å². The number of nitrogens with two attached hydrogens (primary N) is 1. The van der Waals surface area contributed by atoms with E-state index in [0.29, 0.717) is 19.6 Å². The largest absolute Gasteiger partial charge is 0.445 e. The molecule has 166 valence electrons. The molecule has 4 rings (SSSR count). The van der Waals surface area contributed by atoms with Crippen molar-refractivity contribution in [3.05, 3.63) is 72.2 Å². The van der Waals surface area contributed by atoms with Crippen molar-refractivity contribution in [3.8, 4) is 0 Å². The van der Waals surface area contributed by atoms with Crippen molar-refractivity contribution in [3.63, 3.8) is 0 Å². The smallest absolute Gasteiger partial charge is 0.410 e. The predicted molar refractivity (Wildman–Crippen MR) is 126 cm³/mol. The normalized spacial score (nSPS) is 11.2. The van der Waals surface area contributed by atoms with E-state index in [9.17, 15) is 4.79 Å². The van der Waals surface area contributed by atoms with E-state index < -0.39 is 0 Å². The first kappa shape index (κ1) is 21.8. The number of aryl methyl sites for hydroxylation is 1. The molecule has 2 heterocycles. The van der Waals surface area contributed by atoms with E-state index in [1.807, 2.05) is 61.7 Å². The number of pyridine rings is 1. The fraction of sp³-hybridized carbons (Fsp3) is 0.320. The number of fused-ring (bicyclic) bond motifs is 3. The van der Waals surface area contributed by atoms with Crippen LogP contribution in [0, 0.1) is 0 Å². The van der Waals surface area contributed by atoms with Crippen LogP contribution in [0.3, 0.4) is 0 Å². The summed E-state index contributed by atoms with van der Waals surface area (Å²) in [5.74, 6) is 0.827. The average Bonchev–Trinajstić information content (AvgIpc) is 3.19. The van der Waals surface area contributed by atoms with Gasteiger partial charge < -0.3 is 19.9 Å². The highest BCUT2D eigenvalue weighted by molar-refractivity contribution is 6.02. The maximum atomic E-state index is 12.8. The summed E-state index contributed by atoms with van der Waals surface area (Å²) in [5, 5.41) is 1.06. The average molecular weight is 432 g/mol. The maximum absolute atomic E-state index is 12.8. The molecule has 0 unspecified atom stereocenters. The molecule has 32 heavy (non-hydrogen) atoms. The lowest BCUT2D eigenvalue weighted by atomic mass is 10.2. The van der Waals surface area contributed by atoms with E-state index >= 15 is 0 Å². The SMILES string of the molecule is CCN(Cc1nc2cnc3ccccc3c2n1CCCCN)C(=O)OCc1ccccc1. The Balaban J connectivity index is 1.62. The number of para-hydroxylation sites is 1. The van der Waals surface area contributed by atoms with E-state index in [1.54, 1.807) is 4.90 Å². The second-order valence-electron chi connectivity index (χ2n) is 7.74. The summed E-state index contributed by atoms with van der Waals surface area (Å²) in [7, 11) is 0. The molecule has 0 fully saturated rings. The van der Waals surface area contributed by atoms with Crippen molar-refractivity contribution in [1.82, 2.24) is 19.4 Å². The molecule has 2 aromatic carbocycles. The van der Waals surface area contributed by atoms with Gasteiger partial charge in [-0.15, -0.1) is 0 Å². The Morgan fingerprint density at radius 2 is 1.84 bits per heavy atom. The fourth-order valence-electron chi connectivity index (χ4n) is 3.87. The maximum Gasteiger partial charge on any atom is 0.410 e. The van der Waals surface area contributed by atoms with Gasteiger partial charge in [0.05, 0.1) is 23.8 Å². The van der Waals surface area contributed by atoms with Gasteiger partial charge in [0, 0.05) is 18.5 Å². The minimum atomic E-state index is -0.347. The molecule has 4 aromatic rings. The van der Waals surface area contributed by atoms with E-state index in [0.717, 1.165) is 52.7 Å². The van der Waals surface area contributed by atoms with Gasteiger partial charge in [-0.25, -0.2) is 9.78 Å². The number of benzene rings is 2. The number of hydrogen-bond donors (Lipinski definition) is 1. The van der Waals surface area contributed by atoms with Crippen LogP contribution < -0.4 is 5.73 Å². The topological polar surface area (TPSA) is 86.3 Å². The molecule has 0 saturated heterocycles. The zero-order chi connectivity index (χ0) is 22.3. The van der Waals surface area contributed by atoms with Crippen molar-refractivity contribution in [1.29, 1.82) is 0 Å². The first-order valence-corrected chi connectivity index (χ1v) is 11.1. The minimum Gasteiger partial charge on any atom is -0.445 e. The predicted octanol–water partition coefficient (Wildman–Crippen LogP) is 4.48. The van der Waals surface area contributed by atoms with Gasteiger partial charge in [0.25, 0.3) is 0 Å². The molecule has 0 bridgehead atoms. The van der Waals surface area contributed by atoms with E-state index in [-0.39, 0.29) is 12.7 Å². The molecule has 7 heteroatoms. The summed E-state index contributed by atoms with van der Waals surface area (Å²) >= 11 is 0. The Labute approximate surface area is 187 Å². The van der Waals surface area contributed by atoms with Crippen LogP contribution in [0.1, 0.15) is 31.2 Å². The van der Waals surface area contributed by atoms with Crippen molar-refractivity contribution in [2.75, 3.05) is 13.1 Å². The number of imidazole rings is 1. The van der Waals surface area contributed by atoms with Gasteiger partial charge in [-0.1, -0.05) is 48.5 Å². The molecule has 2 aromatic heterocycles. The lowest BCUT2D eigenvalue weighted by Gasteiger charge is -2.21. The molecule has 2 N–H and O–H groups in total. The van der Waals surface area contributed by atoms with Crippen LogP contribution in [-0.2, 0) is 24.4 Å². The Kier molecular flexibility index (Phi) is 6.97. The second kappa shape index (κ2) is 10.2. The number of rotatable bonds is 9. The Bertz CT molecular complexity index is 1190. The molecule has 0 radical (unpaired) electrons. The van der Waals surface area contributed by atoms with Gasteiger partial charge >= 0.3 is 6.09 Å². The lowest BCUT2D eigenvalue weighted by molar-refractivity contribution is 0.0944. The van der Waals surface area contributed by atoms with Crippen LogP contribution in [0.4, 0.5) is 4.79 Å². The molecular formula is C25H29N5O2. The highest BCUT2D eigenvalue weighted by atomic mass is 16.6. The van der Waals surface area contributed by atoms with Gasteiger partial charge in [0.15, 0.2) is 0 Å². The quantitative estimate of drug-likeness (QED) is 0.395. The number of nitrogens with zero attached hydrogens (tertiary/aromatic N) is 4. The van der Waals surface area contributed by atoms with E-state index in [2.05, 4.69) is 15.6 Å². The standard InChI is InChI=1S/C25H29N5O2/c1-2-29(25(31)32-18-19-10-4-3-5-11-19)17-23-28-22-16-27-21-13-7-6-12-20(21)24(22)30(23)15-9-8-14-26/h3-7,10-13,16H,2,8-9,14-15,17-18,26H2,1H3. The molecule has 0 aliphatic rings. The summed E-state index contributed by atoms with van der Waals surface area (Å²) in [4.78, 5) is 23.9. The third-order valence-electron chi connectivity index (χ3n) is 5.57. The summed E-state index contributed by atoms with van der Waals surface area (Å²) in [6.45, 7) is 4.53. The van der Waals surface area contributed by atoms with Crippen molar-refractivity contribution < 1.29 is 9.53 Å². The monoisotopic (exact) mass is 431 g/mol. The number of carbonyl (C=O) groups excluding carboxylic acids is 1. The third-order valence-corrected chi connectivity index (χ3v) is 5.57. The molecule has 7 nitrogen and oxygen atoms in total. The van der Waals surface area contributed by atoms with Crippen LogP contribution in [0.15, 0.2) is 60.8 Å². The fourth-order valence-corrected chi connectivity index (χ4v) is 3.87. The Hall–Kier alpha value is -3.45. The second-order valence-corrected chi connectivity index (χ2v) is 7.74. The van der Waals surface area contributed by atoms with Crippen molar-refractivity contribution in [2.24, 2.45) is 5.73 Å². The zero-order valence-electron chi connectivity index (χ0n) is 18.4. The van der Waals surface area contributed by atoms with Crippen molar-refractivity contribution in [2.45, 2.75) is 39.5 Å². The summed E-state index contributed by atoms with van der Waals surface area (Å²) in [6.07, 6.45) is 3.33. The number of amides is 1. The van der Waals surface area contributed by atoms with Crippen LogP contribution in [0.2, 0.25) is 0 Å². The lowest BCUT2D eigenvalue weighted by Crippen LogP contribution is -2.32. The minimum absolute atomic E-state index is 0.248. The van der Waals surface area contributed by atoms with Gasteiger partial charge in [0.2, 0.25) is 0 Å². The highest BCUT2D eigenvalue weighted by Crippen LogP contribution is 2.26. The summed E-state index contributed by atoms with van der Waals surface area (Å²) in [6, 6.07) is 17.8. The molecular weight excluding hydrogens is 402 g/mol. The number of hydrogen-bond acceptors (Lipinski definition) is 5. The van der Waals surface area contributed by atoms with Gasteiger partial charge in [-0.2, -0.15) is 0 Å².